The molecule has 7 heteroatoms. The van der Waals surface area contributed by atoms with Gasteiger partial charge in [0.25, 0.3) is 0 Å². The average Bonchev–Trinajstić information content (AvgIpc) is 2.72. The fourth-order valence-electron chi connectivity index (χ4n) is 3.07. The molecule has 2 rings (SSSR count). The van der Waals surface area contributed by atoms with Crippen LogP contribution in [-0.2, 0) is 24.2 Å². The number of rotatable bonds is 5. The van der Waals surface area contributed by atoms with Gasteiger partial charge in [-0.3, -0.25) is 10.1 Å². The molecule has 0 aliphatic carbocycles. The van der Waals surface area contributed by atoms with Crippen LogP contribution in [0.1, 0.15) is 53.4 Å². The summed E-state index contributed by atoms with van der Waals surface area (Å²) >= 11 is 0. The van der Waals surface area contributed by atoms with E-state index in [0.29, 0.717) is 12.8 Å². The molecule has 2 heterocycles. The first-order chi connectivity index (χ1) is 9.68. The van der Waals surface area contributed by atoms with Gasteiger partial charge in [0.1, 0.15) is 23.2 Å². The molecule has 0 spiro atoms. The van der Waals surface area contributed by atoms with Gasteiger partial charge in [-0.1, -0.05) is 13.8 Å². The Morgan fingerprint density at radius 3 is 2.57 bits per heavy atom. The average molecular weight is 304 g/mol. The molecular weight excluding hydrogens is 280 g/mol. The molecule has 2 aliphatic rings. The van der Waals surface area contributed by atoms with Gasteiger partial charge in [0.15, 0.2) is 0 Å². The molecule has 7 nitrogen and oxygen atoms in total. The van der Waals surface area contributed by atoms with E-state index in [9.17, 15) is 15.2 Å². The highest BCUT2D eigenvalue weighted by Gasteiger charge is 2.71. The first kappa shape index (κ1) is 16.6. The zero-order valence-corrected chi connectivity index (χ0v) is 13.0. The molecule has 0 bridgehead atoms. The predicted molar refractivity (Wildman–Crippen MR) is 70.9 cm³/mol. The van der Waals surface area contributed by atoms with Crippen molar-refractivity contribution in [3.8, 4) is 0 Å². The molecule has 0 radical (unpaired) electrons. The van der Waals surface area contributed by atoms with Gasteiger partial charge in [-0.05, 0) is 26.7 Å². The van der Waals surface area contributed by atoms with E-state index in [2.05, 4.69) is 4.89 Å². The molecule has 0 amide bonds. The second kappa shape index (κ2) is 5.17. The number of esters is 1. The van der Waals surface area contributed by atoms with Crippen molar-refractivity contribution in [2.45, 2.75) is 70.4 Å². The van der Waals surface area contributed by atoms with Gasteiger partial charge in [-0.2, -0.15) is 4.89 Å². The number of ether oxygens (including phenoxy) is 1. The van der Waals surface area contributed by atoms with Crippen molar-refractivity contribution >= 4 is 5.97 Å². The van der Waals surface area contributed by atoms with E-state index in [0.717, 1.165) is 0 Å². The zero-order chi connectivity index (χ0) is 15.9. The van der Waals surface area contributed by atoms with Crippen LogP contribution in [0.25, 0.3) is 0 Å². The van der Waals surface area contributed by atoms with Crippen molar-refractivity contribution in [3.63, 3.8) is 0 Å². The van der Waals surface area contributed by atoms with Crippen molar-refractivity contribution in [1.82, 2.24) is 0 Å². The molecule has 0 saturated carbocycles. The highest BCUT2D eigenvalue weighted by molar-refractivity contribution is 5.81. The Kier molecular flexibility index (Phi) is 4.10. The molecule has 2 aliphatic heterocycles. The molecule has 4 atom stereocenters. The standard InChI is InChI=1S/C14H24O7/c1-5-11(3,19-17)7-13-8-12(4,6-2)20-21-14(13,16)9-18-10(13)15/h16-17H,5-9H2,1-4H3. The summed E-state index contributed by atoms with van der Waals surface area (Å²) in [7, 11) is 0. The van der Waals surface area contributed by atoms with Crippen LogP contribution in [0, 0.1) is 5.41 Å². The second-order valence-electron chi connectivity index (χ2n) is 6.66. The first-order valence-electron chi connectivity index (χ1n) is 7.27. The molecule has 0 aromatic rings. The van der Waals surface area contributed by atoms with Crippen LogP contribution in [0.4, 0.5) is 0 Å². The van der Waals surface area contributed by atoms with Crippen LogP contribution in [-0.4, -0.2) is 39.9 Å². The summed E-state index contributed by atoms with van der Waals surface area (Å²) in [6.45, 7) is 6.92. The molecule has 4 unspecified atom stereocenters. The van der Waals surface area contributed by atoms with Gasteiger partial charge in [-0.15, -0.1) is 0 Å². The number of aliphatic hydroxyl groups is 1. The maximum Gasteiger partial charge on any atom is 0.318 e. The molecule has 2 fully saturated rings. The minimum atomic E-state index is -1.87. The van der Waals surface area contributed by atoms with Crippen LogP contribution >= 0.6 is 0 Å². The summed E-state index contributed by atoms with van der Waals surface area (Å²) < 4.78 is 5.05. The van der Waals surface area contributed by atoms with Gasteiger partial charge in [0, 0.05) is 12.8 Å². The largest absolute Gasteiger partial charge is 0.459 e. The van der Waals surface area contributed by atoms with Gasteiger partial charge in [0.05, 0.1) is 0 Å². The molecular formula is C14H24O7. The van der Waals surface area contributed by atoms with E-state index in [4.69, 9.17) is 14.5 Å². The molecule has 0 aromatic carbocycles. The SMILES string of the molecule is CCC(C)(CC12CC(C)(CC)OOC1(O)COC2=O)OO. The third kappa shape index (κ3) is 2.47. The minimum Gasteiger partial charge on any atom is -0.459 e. The number of hydrogen-bond donors (Lipinski definition) is 2. The van der Waals surface area contributed by atoms with Crippen molar-refractivity contribution in [2.75, 3.05) is 6.61 Å². The Morgan fingerprint density at radius 1 is 1.38 bits per heavy atom. The van der Waals surface area contributed by atoms with E-state index in [-0.39, 0.29) is 19.4 Å². The highest BCUT2D eigenvalue weighted by atomic mass is 17.2. The quantitative estimate of drug-likeness (QED) is 0.454. The van der Waals surface area contributed by atoms with Crippen LogP contribution in [0.2, 0.25) is 0 Å². The fraction of sp³-hybridized carbons (Fsp3) is 0.929. The number of carbonyl (C=O) groups excluding carboxylic acids is 1. The Morgan fingerprint density at radius 2 is 2.05 bits per heavy atom. The van der Waals surface area contributed by atoms with Gasteiger partial charge >= 0.3 is 5.97 Å². The maximum absolute atomic E-state index is 12.4. The number of carbonyl (C=O) groups is 1. The lowest BCUT2D eigenvalue weighted by atomic mass is 9.65. The Labute approximate surface area is 124 Å². The van der Waals surface area contributed by atoms with Gasteiger partial charge < -0.3 is 9.84 Å². The molecule has 2 saturated heterocycles. The van der Waals surface area contributed by atoms with Gasteiger partial charge in [-0.25, -0.2) is 9.78 Å². The number of fused-ring (bicyclic) bond motifs is 1. The summed E-state index contributed by atoms with van der Waals surface area (Å²) in [5.74, 6) is -2.42. The first-order valence-corrected chi connectivity index (χ1v) is 7.27. The van der Waals surface area contributed by atoms with Crippen molar-refractivity contribution in [1.29, 1.82) is 0 Å². The van der Waals surface area contributed by atoms with Crippen LogP contribution in [0.3, 0.4) is 0 Å². The summed E-state index contributed by atoms with van der Waals surface area (Å²) in [4.78, 5) is 27.4. The Bertz CT molecular complexity index is 422. The third-order valence-corrected chi connectivity index (χ3v) is 4.99. The molecule has 0 aromatic heterocycles. The van der Waals surface area contributed by atoms with E-state index in [1.165, 1.54) is 0 Å². The van der Waals surface area contributed by atoms with E-state index >= 15 is 0 Å². The van der Waals surface area contributed by atoms with E-state index in [1.54, 1.807) is 6.92 Å². The normalized spacial score (nSPS) is 42.3. The van der Waals surface area contributed by atoms with Crippen LogP contribution in [0.15, 0.2) is 0 Å². The number of cyclic esters (lactones) is 1. The van der Waals surface area contributed by atoms with Crippen LogP contribution < -0.4 is 0 Å². The van der Waals surface area contributed by atoms with Crippen LogP contribution in [0.5, 0.6) is 0 Å². The zero-order valence-electron chi connectivity index (χ0n) is 13.0. The lowest BCUT2D eigenvalue weighted by Gasteiger charge is -2.49. The van der Waals surface area contributed by atoms with Gasteiger partial charge in [0.2, 0.25) is 5.79 Å². The lowest BCUT2D eigenvalue weighted by Crippen LogP contribution is -2.62. The van der Waals surface area contributed by atoms with E-state index in [1.807, 2.05) is 20.8 Å². The summed E-state index contributed by atoms with van der Waals surface area (Å²) in [6.07, 6.45) is 1.35. The van der Waals surface area contributed by atoms with Crippen molar-refractivity contribution in [2.24, 2.45) is 5.41 Å². The highest BCUT2D eigenvalue weighted by Crippen LogP contribution is 2.55. The maximum atomic E-state index is 12.4. The second-order valence-corrected chi connectivity index (χ2v) is 6.66. The van der Waals surface area contributed by atoms with Crippen molar-refractivity contribution in [3.05, 3.63) is 0 Å². The predicted octanol–water partition coefficient (Wildman–Crippen LogP) is 1.79. The summed E-state index contributed by atoms with van der Waals surface area (Å²) in [5, 5.41) is 19.9. The topological polar surface area (TPSA) is 94.5 Å². The third-order valence-electron chi connectivity index (χ3n) is 4.99. The van der Waals surface area contributed by atoms with E-state index < -0.39 is 28.4 Å². The fourth-order valence-corrected chi connectivity index (χ4v) is 3.07. The van der Waals surface area contributed by atoms with Crippen molar-refractivity contribution < 1.29 is 34.6 Å². The summed E-state index contributed by atoms with van der Waals surface area (Å²) in [6, 6.07) is 0. The molecule has 122 valence electrons. The smallest absolute Gasteiger partial charge is 0.318 e. The Hall–Kier alpha value is -0.730. The molecule has 2 N–H and O–H groups in total. The summed E-state index contributed by atoms with van der Waals surface area (Å²) in [5.41, 5.74) is -3.05. The molecule has 21 heavy (non-hydrogen) atoms. The monoisotopic (exact) mass is 304 g/mol. The number of hydrogen-bond acceptors (Lipinski definition) is 7. The lowest BCUT2D eigenvalue weighted by molar-refractivity contribution is -0.507. The Balaban J connectivity index is 2.43. The minimum absolute atomic E-state index is 0.0707.